The molecule has 1 amide bonds. The van der Waals surface area contributed by atoms with Crippen LogP contribution in [0.4, 0.5) is 11.8 Å². The number of hydrogen-bond donors (Lipinski definition) is 2. The van der Waals surface area contributed by atoms with E-state index in [1.807, 2.05) is 14.1 Å². The number of carbonyl (C=O) groups is 1. The average Bonchev–Trinajstić information content (AvgIpc) is 2.78. The summed E-state index contributed by atoms with van der Waals surface area (Å²) in [6.45, 7) is -0.00516. The zero-order valence-corrected chi connectivity index (χ0v) is 19.6. The van der Waals surface area contributed by atoms with Gasteiger partial charge in [-0.15, -0.1) is 0 Å². The number of carbonyl (C=O) groups excluding carboxylic acids is 1. The lowest BCUT2D eigenvalue weighted by Crippen LogP contribution is -2.42. The number of fused-ring (bicyclic) bond motifs is 1. The Morgan fingerprint density at radius 3 is 2.62 bits per heavy atom. The van der Waals surface area contributed by atoms with Gasteiger partial charge in [-0.3, -0.25) is 4.79 Å². The SMILES string of the molecule is CN(C)c1nc(N[C@H]2CC[C@@H](NC(=O)COc3cccc(Cl)c3)CC2)nc2c1CCCC2. The van der Waals surface area contributed by atoms with Gasteiger partial charge in [0.1, 0.15) is 11.6 Å². The van der Waals surface area contributed by atoms with Gasteiger partial charge in [-0.25, -0.2) is 4.98 Å². The Bertz CT molecular complexity index is 944. The van der Waals surface area contributed by atoms with Crippen LogP contribution in [0.25, 0.3) is 0 Å². The van der Waals surface area contributed by atoms with Crippen LogP contribution in [-0.4, -0.2) is 48.7 Å². The van der Waals surface area contributed by atoms with Gasteiger partial charge in [0.05, 0.1) is 5.69 Å². The molecule has 0 bridgehead atoms. The number of benzene rings is 1. The van der Waals surface area contributed by atoms with E-state index in [-0.39, 0.29) is 18.6 Å². The summed E-state index contributed by atoms with van der Waals surface area (Å²) in [6, 6.07) is 7.57. The molecule has 172 valence electrons. The molecular weight excluding hydrogens is 426 g/mol. The van der Waals surface area contributed by atoms with Gasteiger partial charge in [-0.1, -0.05) is 17.7 Å². The van der Waals surface area contributed by atoms with E-state index in [4.69, 9.17) is 26.3 Å². The summed E-state index contributed by atoms with van der Waals surface area (Å²) >= 11 is 5.95. The monoisotopic (exact) mass is 457 g/mol. The molecule has 32 heavy (non-hydrogen) atoms. The molecule has 2 N–H and O–H groups in total. The first-order valence-corrected chi connectivity index (χ1v) is 11.9. The van der Waals surface area contributed by atoms with Gasteiger partial charge in [0.25, 0.3) is 5.91 Å². The normalized spacial score (nSPS) is 20.2. The predicted molar refractivity (Wildman–Crippen MR) is 128 cm³/mol. The Balaban J connectivity index is 1.26. The van der Waals surface area contributed by atoms with Crippen molar-refractivity contribution in [3.05, 3.63) is 40.5 Å². The predicted octanol–water partition coefficient (Wildman–Crippen LogP) is 3.99. The van der Waals surface area contributed by atoms with Crippen LogP contribution in [0.2, 0.25) is 5.02 Å². The highest BCUT2D eigenvalue weighted by Crippen LogP contribution is 2.29. The summed E-state index contributed by atoms with van der Waals surface area (Å²) in [5, 5.41) is 7.24. The maximum absolute atomic E-state index is 12.3. The van der Waals surface area contributed by atoms with Crippen molar-refractivity contribution in [3.8, 4) is 5.75 Å². The summed E-state index contributed by atoms with van der Waals surface area (Å²) in [5.41, 5.74) is 2.50. The molecule has 1 aromatic heterocycles. The summed E-state index contributed by atoms with van der Waals surface area (Å²) in [6.07, 6.45) is 8.29. The zero-order chi connectivity index (χ0) is 22.5. The highest BCUT2D eigenvalue weighted by atomic mass is 35.5. The highest BCUT2D eigenvalue weighted by molar-refractivity contribution is 6.30. The van der Waals surface area contributed by atoms with E-state index >= 15 is 0 Å². The number of aromatic nitrogens is 2. The van der Waals surface area contributed by atoms with E-state index in [1.165, 1.54) is 24.1 Å². The van der Waals surface area contributed by atoms with Crippen LogP contribution in [0.15, 0.2) is 24.3 Å². The van der Waals surface area contributed by atoms with E-state index in [9.17, 15) is 4.79 Å². The van der Waals surface area contributed by atoms with Crippen molar-refractivity contribution in [2.75, 3.05) is 30.9 Å². The standard InChI is InChI=1S/C24H32ClN5O2/c1-30(2)23-20-8-3-4-9-21(20)28-24(29-23)27-18-12-10-17(11-13-18)26-22(31)15-32-19-7-5-6-16(25)14-19/h5-7,14,17-18H,3-4,8-13,15H2,1-2H3,(H,26,31)(H,27,28,29)/t17-,18+. The molecule has 2 aromatic rings. The van der Waals surface area contributed by atoms with Crippen molar-refractivity contribution in [2.45, 2.75) is 63.5 Å². The molecule has 0 atom stereocenters. The Hall–Kier alpha value is -2.54. The van der Waals surface area contributed by atoms with Gasteiger partial charge < -0.3 is 20.3 Å². The van der Waals surface area contributed by atoms with Crippen LogP contribution < -0.4 is 20.3 Å². The van der Waals surface area contributed by atoms with Crippen LogP contribution >= 0.6 is 11.6 Å². The maximum Gasteiger partial charge on any atom is 0.258 e. The molecule has 0 unspecified atom stereocenters. The lowest BCUT2D eigenvalue weighted by atomic mass is 9.91. The zero-order valence-electron chi connectivity index (χ0n) is 18.9. The van der Waals surface area contributed by atoms with Crippen molar-refractivity contribution < 1.29 is 9.53 Å². The minimum absolute atomic E-state index is 0.00516. The number of rotatable bonds is 7. The van der Waals surface area contributed by atoms with Gasteiger partial charge in [-0.2, -0.15) is 4.98 Å². The molecule has 1 heterocycles. The van der Waals surface area contributed by atoms with Gasteiger partial charge in [0.2, 0.25) is 5.95 Å². The smallest absolute Gasteiger partial charge is 0.258 e. The molecule has 1 aromatic carbocycles. The fraction of sp³-hybridized carbons (Fsp3) is 0.542. The molecular formula is C24H32ClN5O2. The second-order valence-corrected chi connectivity index (χ2v) is 9.34. The molecule has 0 saturated heterocycles. The third-order valence-corrected chi connectivity index (χ3v) is 6.41. The largest absolute Gasteiger partial charge is 0.484 e. The van der Waals surface area contributed by atoms with Crippen molar-refractivity contribution in [2.24, 2.45) is 0 Å². The second-order valence-electron chi connectivity index (χ2n) is 8.90. The third-order valence-electron chi connectivity index (χ3n) is 6.18. The van der Waals surface area contributed by atoms with Crippen LogP contribution in [0.3, 0.4) is 0 Å². The lowest BCUT2D eigenvalue weighted by molar-refractivity contribution is -0.124. The Morgan fingerprint density at radius 2 is 1.88 bits per heavy atom. The van der Waals surface area contributed by atoms with Crippen molar-refractivity contribution >= 4 is 29.3 Å². The first-order valence-electron chi connectivity index (χ1n) is 11.5. The Labute approximate surface area is 194 Å². The molecule has 8 heteroatoms. The number of amides is 1. The number of aryl methyl sites for hydroxylation is 1. The number of ether oxygens (including phenoxy) is 1. The minimum atomic E-state index is -0.102. The first-order chi connectivity index (χ1) is 15.5. The molecule has 4 rings (SSSR count). The van der Waals surface area contributed by atoms with Gasteiger partial charge in [0, 0.05) is 36.8 Å². The Morgan fingerprint density at radius 1 is 1.12 bits per heavy atom. The quantitative estimate of drug-likeness (QED) is 0.654. The fourth-order valence-corrected chi connectivity index (χ4v) is 4.73. The van der Waals surface area contributed by atoms with E-state index in [1.54, 1.807) is 24.3 Å². The Kier molecular flexibility index (Phi) is 7.35. The van der Waals surface area contributed by atoms with Gasteiger partial charge in [0.15, 0.2) is 6.61 Å². The summed E-state index contributed by atoms with van der Waals surface area (Å²) < 4.78 is 5.54. The minimum Gasteiger partial charge on any atom is -0.484 e. The van der Waals surface area contributed by atoms with E-state index < -0.39 is 0 Å². The number of nitrogens with one attached hydrogen (secondary N) is 2. The lowest BCUT2D eigenvalue weighted by Gasteiger charge is -2.30. The number of halogens is 1. The van der Waals surface area contributed by atoms with E-state index in [0.29, 0.717) is 16.8 Å². The number of hydrogen-bond acceptors (Lipinski definition) is 6. The average molecular weight is 458 g/mol. The van der Waals surface area contributed by atoms with Gasteiger partial charge >= 0.3 is 0 Å². The summed E-state index contributed by atoms with van der Waals surface area (Å²) in [5.74, 6) is 2.27. The molecule has 2 aliphatic carbocycles. The molecule has 2 aliphatic rings. The topological polar surface area (TPSA) is 79.4 Å². The molecule has 1 saturated carbocycles. The van der Waals surface area contributed by atoms with Crippen LogP contribution in [0.1, 0.15) is 49.8 Å². The van der Waals surface area contributed by atoms with Crippen molar-refractivity contribution in [1.29, 1.82) is 0 Å². The molecule has 0 spiro atoms. The molecule has 7 nitrogen and oxygen atoms in total. The second kappa shape index (κ2) is 10.4. The first kappa shape index (κ1) is 22.6. The van der Waals surface area contributed by atoms with Crippen molar-refractivity contribution in [3.63, 3.8) is 0 Å². The molecule has 0 radical (unpaired) electrons. The van der Waals surface area contributed by atoms with Crippen LogP contribution in [0.5, 0.6) is 5.75 Å². The van der Waals surface area contributed by atoms with Crippen molar-refractivity contribution in [1.82, 2.24) is 15.3 Å². The van der Waals surface area contributed by atoms with Crippen LogP contribution in [0, 0.1) is 0 Å². The number of anilines is 2. The van der Waals surface area contributed by atoms with Crippen LogP contribution in [-0.2, 0) is 17.6 Å². The van der Waals surface area contributed by atoms with E-state index in [2.05, 4.69) is 15.5 Å². The fourth-order valence-electron chi connectivity index (χ4n) is 4.55. The third kappa shape index (κ3) is 5.82. The molecule has 1 fully saturated rings. The van der Waals surface area contributed by atoms with Gasteiger partial charge in [-0.05, 0) is 69.6 Å². The van der Waals surface area contributed by atoms with E-state index in [0.717, 1.165) is 50.3 Å². The molecule has 0 aliphatic heterocycles. The summed E-state index contributed by atoms with van der Waals surface area (Å²) in [4.78, 5) is 24.0. The summed E-state index contributed by atoms with van der Waals surface area (Å²) in [7, 11) is 4.09. The highest BCUT2D eigenvalue weighted by Gasteiger charge is 2.25. The maximum atomic E-state index is 12.3. The number of nitrogens with zero attached hydrogens (tertiary/aromatic N) is 3.